The highest BCUT2D eigenvalue weighted by Crippen LogP contribution is 2.18. The molecule has 2 N–H and O–H groups in total. The third kappa shape index (κ3) is 4.08. The molecule has 3 rings (SSSR count). The van der Waals surface area contributed by atoms with E-state index in [2.05, 4.69) is 20.7 Å². The molecule has 0 saturated heterocycles. The lowest BCUT2D eigenvalue weighted by molar-refractivity contribution is 0.0950. The molecular formula is C18H15FN4O2. The van der Waals surface area contributed by atoms with Crippen LogP contribution in [0.25, 0.3) is 11.3 Å². The van der Waals surface area contributed by atoms with E-state index < -0.39 is 5.91 Å². The summed E-state index contributed by atoms with van der Waals surface area (Å²) < 4.78 is 18.0. The Hall–Kier alpha value is -3.48. The number of hydrogen-bond acceptors (Lipinski definition) is 4. The Labute approximate surface area is 143 Å². The number of ether oxygens (including phenoxy) is 1. The molecule has 126 valence electrons. The van der Waals surface area contributed by atoms with Crippen LogP contribution >= 0.6 is 0 Å². The third-order valence-electron chi connectivity index (χ3n) is 3.46. The van der Waals surface area contributed by atoms with Gasteiger partial charge in [-0.1, -0.05) is 0 Å². The molecule has 0 aliphatic carbocycles. The van der Waals surface area contributed by atoms with Gasteiger partial charge in [0.1, 0.15) is 17.3 Å². The second kappa shape index (κ2) is 7.39. The first-order chi connectivity index (χ1) is 12.2. The van der Waals surface area contributed by atoms with Crippen LogP contribution < -0.4 is 10.2 Å². The number of carbonyl (C=O) groups is 1. The topological polar surface area (TPSA) is 79.4 Å². The maximum absolute atomic E-state index is 12.9. The molecule has 0 atom stereocenters. The van der Waals surface area contributed by atoms with Gasteiger partial charge in [-0.3, -0.25) is 9.89 Å². The van der Waals surface area contributed by atoms with E-state index >= 15 is 0 Å². The van der Waals surface area contributed by atoms with Gasteiger partial charge in [-0.25, -0.2) is 9.82 Å². The largest absolute Gasteiger partial charge is 0.497 e. The van der Waals surface area contributed by atoms with Crippen molar-refractivity contribution in [1.29, 1.82) is 0 Å². The smallest absolute Gasteiger partial charge is 0.289 e. The first-order valence-corrected chi connectivity index (χ1v) is 7.44. The van der Waals surface area contributed by atoms with Gasteiger partial charge in [0, 0.05) is 5.56 Å². The Bertz CT molecular complexity index is 886. The van der Waals surface area contributed by atoms with Crippen molar-refractivity contribution < 1.29 is 13.9 Å². The lowest BCUT2D eigenvalue weighted by Crippen LogP contribution is -2.17. The van der Waals surface area contributed by atoms with Crippen molar-refractivity contribution in [3.05, 3.63) is 71.7 Å². The Morgan fingerprint density at radius 1 is 1.20 bits per heavy atom. The average molecular weight is 338 g/mol. The van der Waals surface area contributed by atoms with Crippen molar-refractivity contribution in [3.8, 4) is 17.0 Å². The van der Waals surface area contributed by atoms with Gasteiger partial charge < -0.3 is 4.74 Å². The fourth-order valence-electron chi connectivity index (χ4n) is 2.12. The highest BCUT2D eigenvalue weighted by molar-refractivity contribution is 5.94. The Kier molecular flexibility index (Phi) is 4.84. The molecule has 0 aliphatic rings. The zero-order valence-corrected chi connectivity index (χ0v) is 13.4. The standard InChI is InChI=1S/C18H15FN4O2/c1-25-15-8-2-12(3-9-15)11-20-23-18(24)17-10-16(21-22-17)13-4-6-14(19)7-5-13/h2-11H,1H3,(H,21,22)(H,23,24)/b20-11+. The van der Waals surface area contributed by atoms with Crippen LogP contribution in [0.15, 0.2) is 59.7 Å². The van der Waals surface area contributed by atoms with Crippen LogP contribution in [0.4, 0.5) is 4.39 Å². The van der Waals surface area contributed by atoms with Gasteiger partial charge in [-0.2, -0.15) is 10.2 Å². The lowest BCUT2D eigenvalue weighted by Gasteiger charge is -1.99. The quantitative estimate of drug-likeness (QED) is 0.554. The number of nitrogens with one attached hydrogen (secondary N) is 2. The SMILES string of the molecule is COc1ccc(/C=N/NC(=O)c2cc(-c3ccc(F)cc3)n[nH]2)cc1. The molecule has 0 saturated carbocycles. The molecule has 7 heteroatoms. The normalized spacial score (nSPS) is 10.8. The summed E-state index contributed by atoms with van der Waals surface area (Å²) in [5, 5.41) is 10.6. The fraction of sp³-hybridized carbons (Fsp3) is 0.0556. The summed E-state index contributed by atoms with van der Waals surface area (Å²) in [4.78, 5) is 12.1. The first kappa shape index (κ1) is 16.4. The van der Waals surface area contributed by atoms with Crippen LogP contribution in [0, 0.1) is 5.82 Å². The summed E-state index contributed by atoms with van der Waals surface area (Å²) in [5.41, 5.74) is 4.74. The van der Waals surface area contributed by atoms with Gasteiger partial charge in [0.2, 0.25) is 0 Å². The Morgan fingerprint density at radius 2 is 1.92 bits per heavy atom. The summed E-state index contributed by atoms with van der Waals surface area (Å²) >= 11 is 0. The summed E-state index contributed by atoms with van der Waals surface area (Å²) in [6, 6.07) is 14.7. The van der Waals surface area contributed by atoms with Crippen molar-refractivity contribution in [1.82, 2.24) is 15.6 Å². The maximum atomic E-state index is 12.9. The Balaban J connectivity index is 1.63. The molecule has 6 nitrogen and oxygen atoms in total. The minimum Gasteiger partial charge on any atom is -0.497 e. The number of aromatic nitrogens is 2. The molecule has 0 fully saturated rings. The van der Waals surface area contributed by atoms with Crippen molar-refractivity contribution in [2.75, 3.05) is 7.11 Å². The van der Waals surface area contributed by atoms with E-state index in [4.69, 9.17) is 4.74 Å². The summed E-state index contributed by atoms with van der Waals surface area (Å²) in [5.74, 6) is -0.0114. The molecule has 0 aliphatic heterocycles. The van der Waals surface area contributed by atoms with Gasteiger partial charge >= 0.3 is 0 Å². The summed E-state index contributed by atoms with van der Waals surface area (Å²) in [7, 11) is 1.59. The second-order valence-electron chi connectivity index (χ2n) is 5.15. The van der Waals surface area contributed by atoms with Crippen LogP contribution in [0.3, 0.4) is 0 Å². The predicted octanol–water partition coefficient (Wildman–Crippen LogP) is 2.99. The lowest BCUT2D eigenvalue weighted by atomic mass is 10.1. The van der Waals surface area contributed by atoms with Gasteiger partial charge in [0.25, 0.3) is 5.91 Å². The van der Waals surface area contributed by atoms with Crippen LogP contribution in [0.1, 0.15) is 16.1 Å². The molecule has 0 radical (unpaired) electrons. The van der Waals surface area contributed by atoms with Crippen molar-refractivity contribution in [2.45, 2.75) is 0 Å². The second-order valence-corrected chi connectivity index (χ2v) is 5.15. The van der Waals surface area contributed by atoms with Crippen molar-refractivity contribution >= 4 is 12.1 Å². The molecule has 0 bridgehead atoms. The van der Waals surface area contributed by atoms with E-state index in [-0.39, 0.29) is 11.5 Å². The zero-order valence-electron chi connectivity index (χ0n) is 13.4. The number of halogens is 1. The maximum Gasteiger partial charge on any atom is 0.289 e. The van der Waals surface area contributed by atoms with E-state index in [1.807, 2.05) is 12.1 Å². The molecule has 1 amide bonds. The van der Waals surface area contributed by atoms with Gasteiger partial charge in [-0.15, -0.1) is 0 Å². The minimum atomic E-state index is -0.425. The number of aromatic amines is 1. The van der Waals surface area contributed by atoms with Crippen molar-refractivity contribution in [2.24, 2.45) is 5.10 Å². The average Bonchev–Trinajstić information content (AvgIpc) is 3.13. The Morgan fingerprint density at radius 3 is 2.60 bits per heavy atom. The van der Waals surface area contributed by atoms with Gasteiger partial charge in [-0.05, 0) is 60.2 Å². The van der Waals surface area contributed by atoms with E-state index in [1.165, 1.54) is 18.3 Å². The minimum absolute atomic E-state index is 0.256. The molecule has 1 aromatic heterocycles. The van der Waals surface area contributed by atoms with Gasteiger partial charge in [0.05, 0.1) is 19.0 Å². The molecule has 0 unspecified atom stereocenters. The summed E-state index contributed by atoms with van der Waals surface area (Å²) in [6.45, 7) is 0. The number of hydrogen-bond donors (Lipinski definition) is 2. The first-order valence-electron chi connectivity index (χ1n) is 7.44. The number of hydrazone groups is 1. The number of benzene rings is 2. The van der Waals surface area contributed by atoms with Crippen molar-refractivity contribution in [3.63, 3.8) is 0 Å². The molecule has 0 spiro atoms. The fourth-order valence-corrected chi connectivity index (χ4v) is 2.12. The number of carbonyl (C=O) groups excluding carboxylic acids is 1. The van der Waals surface area contributed by atoms with E-state index in [1.54, 1.807) is 37.4 Å². The molecule has 3 aromatic rings. The zero-order chi connectivity index (χ0) is 17.6. The van der Waals surface area contributed by atoms with Crippen LogP contribution in [-0.4, -0.2) is 29.4 Å². The number of H-pyrrole nitrogens is 1. The number of rotatable bonds is 5. The molecule has 2 aromatic carbocycles. The monoisotopic (exact) mass is 338 g/mol. The molecule has 25 heavy (non-hydrogen) atoms. The molecular weight excluding hydrogens is 323 g/mol. The summed E-state index contributed by atoms with van der Waals surface area (Å²) in [6.07, 6.45) is 1.52. The van der Waals surface area contributed by atoms with E-state index in [0.717, 1.165) is 11.3 Å². The van der Waals surface area contributed by atoms with E-state index in [0.29, 0.717) is 11.3 Å². The van der Waals surface area contributed by atoms with Crippen LogP contribution in [0.5, 0.6) is 5.75 Å². The number of methoxy groups -OCH3 is 1. The van der Waals surface area contributed by atoms with Gasteiger partial charge in [0.15, 0.2) is 0 Å². The molecule has 1 heterocycles. The third-order valence-corrected chi connectivity index (χ3v) is 3.46. The highest BCUT2D eigenvalue weighted by atomic mass is 19.1. The predicted molar refractivity (Wildman–Crippen MR) is 92.0 cm³/mol. The van der Waals surface area contributed by atoms with E-state index in [9.17, 15) is 9.18 Å². The van der Waals surface area contributed by atoms with Crippen LogP contribution in [-0.2, 0) is 0 Å². The van der Waals surface area contributed by atoms with Crippen LogP contribution in [0.2, 0.25) is 0 Å². The highest BCUT2D eigenvalue weighted by Gasteiger charge is 2.10. The number of amides is 1. The number of nitrogens with zero attached hydrogens (tertiary/aromatic N) is 2.